The molecule has 0 amide bonds. The third-order valence-electron chi connectivity index (χ3n) is 2.99. The minimum atomic E-state index is -0.840. The maximum Gasteiger partial charge on any atom is 0.345 e. The maximum absolute atomic E-state index is 10.8. The predicted octanol–water partition coefficient (Wildman–Crippen LogP) is 4.41. The van der Waals surface area contributed by atoms with Gasteiger partial charge >= 0.3 is 5.97 Å². The number of halogens is 1. The predicted molar refractivity (Wildman–Crippen MR) is 94.6 cm³/mol. The molecule has 2 rings (SSSR count). The second-order valence-electron chi connectivity index (χ2n) is 4.73. The van der Waals surface area contributed by atoms with E-state index >= 15 is 0 Å². The van der Waals surface area contributed by atoms with E-state index in [1.165, 1.54) is 16.2 Å². The first-order chi connectivity index (χ1) is 10.6. The molecule has 3 nitrogen and oxygen atoms in total. The summed E-state index contributed by atoms with van der Waals surface area (Å²) in [5.74, 6) is 0.162. The molecule has 1 aromatic carbocycles. The van der Waals surface area contributed by atoms with Crippen molar-refractivity contribution in [3.8, 4) is 0 Å². The van der Waals surface area contributed by atoms with Gasteiger partial charge < -0.3 is 10.4 Å². The molecule has 0 aliphatic heterocycles. The van der Waals surface area contributed by atoms with Crippen LogP contribution in [-0.4, -0.2) is 29.9 Å². The molecule has 0 atom stereocenters. The zero-order chi connectivity index (χ0) is 15.8. The molecule has 22 heavy (non-hydrogen) atoms. The Labute approximate surface area is 143 Å². The van der Waals surface area contributed by atoms with E-state index in [0.717, 1.165) is 41.6 Å². The summed E-state index contributed by atoms with van der Waals surface area (Å²) < 4.78 is 0. The monoisotopic (exact) mass is 355 g/mol. The van der Waals surface area contributed by atoms with Crippen LogP contribution in [0.3, 0.4) is 0 Å². The molecule has 0 saturated carbocycles. The zero-order valence-electron chi connectivity index (χ0n) is 12.0. The van der Waals surface area contributed by atoms with E-state index in [1.807, 2.05) is 24.3 Å². The Morgan fingerprint density at radius 1 is 1.27 bits per heavy atom. The fraction of sp³-hybridized carbons (Fsp3) is 0.312. The van der Waals surface area contributed by atoms with Crippen LogP contribution in [0.5, 0.6) is 0 Å². The molecular weight excluding hydrogens is 338 g/mol. The summed E-state index contributed by atoms with van der Waals surface area (Å²) in [6.07, 6.45) is 1.94. The first-order valence-corrected chi connectivity index (χ1v) is 9.24. The third-order valence-corrected chi connectivity index (χ3v) is 5.36. The van der Waals surface area contributed by atoms with Crippen LogP contribution in [0.4, 0.5) is 0 Å². The molecule has 2 aromatic rings. The minimum Gasteiger partial charge on any atom is -0.477 e. The number of hydrogen-bond acceptors (Lipinski definition) is 4. The molecule has 0 aliphatic carbocycles. The summed E-state index contributed by atoms with van der Waals surface area (Å²) in [6, 6.07) is 11.5. The molecule has 0 unspecified atom stereocenters. The fourth-order valence-corrected chi connectivity index (χ4v) is 3.95. The van der Waals surface area contributed by atoms with Gasteiger partial charge in [-0.2, -0.15) is 0 Å². The highest BCUT2D eigenvalue weighted by Crippen LogP contribution is 2.21. The Morgan fingerprint density at radius 3 is 2.86 bits per heavy atom. The summed E-state index contributed by atoms with van der Waals surface area (Å²) in [6.45, 7) is 1.89. The molecule has 1 heterocycles. The van der Waals surface area contributed by atoms with E-state index in [2.05, 4.69) is 11.4 Å². The van der Waals surface area contributed by atoms with E-state index < -0.39 is 5.97 Å². The molecule has 2 N–H and O–H groups in total. The third kappa shape index (κ3) is 6.01. The lowest BCUT2D eigenvalue weighted by Gasteiger charge is -2.04. The van der Waals surface area contributed by atoms with Crippen molar-refractivity contribution in [2.24, 2.45) is 0 Å². The van der Waals surface area contributed by atoms with Crippen molar-refractivity contribution >= 4 is 40.7 Å². The molecule has 0 aliphatic rings. The van der Waals surface area contributed by atoms with Crippen LogP contribution in [0.2, 0.25) is 5.02 Å². The normalized spacial score (nSPS) is 10.8. The van der Waals surface area contributed by atoms with Crippen molar-refractivity contribution in [2.45, 2.75) is 17.7 Å². The van der Waals surface area contributed by atoms with Gasteiger partial charge in [-0.15, -0.1) is 23.1 Å². The lowest BCUT2D eigenvalue weighted by molar-refractivity contribution is 0.0702. The van der Waals surface area contributed by atoms with Gasteiger partial charge in [0, 0.05) is 27.1 Å². The summed E-state index contributed by atoms with van der Waals surface area (Å²) in [7, 11) is 0. The number of aryl methyl sites for hydroxylation is 1. The van der Waals surface area contributed by atoms with Gasteiger partial charge in [0.2, 0.25) is 0 Å². The molecular formula is C16H18ClNO2S2. The summed E-state index contributed by atoms with van der Waals surface area (Å²) >= 11 is 9.09. The van der Waals surface area contributed by atoms with Crippen LogP contribution < -0.4 is 5.32 Å². The average Bonchev–Trinajstić information content (AvgIpc) is 2.95. The maximum atomic E-state index is 10.8. The number of rotatable bonds is 9. The van der Waals surface area contributed by atoms with Crippen LogP contribution in [0.15, 0.2) is 41.3 Å². The van der Waals surface area contributed by atoms with E-state index in [1.54, 1.807) is 17.8 Å². The van der Waals surface area contributed by atoms with E-state index in [0.29, 0.717) is 4.88 Å². The lowest BCUT2D eigenvalue weighted by Crippen LogP contribution is -2.18. The topological polar surface area (TPSA) is 49.3 Å². The summed E-state index contributed by atoms with van der Waals surface area (Å²) in [5.41, 5.74) is 0. The lowest BCUT2D eigenvalue weighted by atomic mass is 10.2. The van der Waals surface area contributed by atoms with Gasteiger partial charge in [0.1, 0.15) is 4.88 Å². The van der Waals surface area contributed by atoms with Crippen LogP contribution in [0.25, 0.3) is 0 Å². The van der Waals surface area contributed by atoms with Gasteiger partial charge in [-0.3, -0.25) is 0 Å². The van der Waals surface area contributed by atoms with E-state index in [4.69, 9.17) is 16.7 Å². The van der Waals surface area contributed by atoms with E-state index in [9.17, 15) is 4.79 Å². The molecule has 6 heteroatoms. The summed E-state index contributed by atoms with van der Waals surface area (Å²) in [5, 5.41) is 13.0. The van der Waals surface area contributed by atoms with Crippen LogP contribution >= 0.6 is 34.7 Å². The van der Waals surface area contributed by atoms with Crippen molar-refractivity contribution in [2.75, 3.05) is 18.8 Å². The van der Waals surface area contributed by atoms with Gasteiger partial charge in [-0.05, 0) is 49.7 Å². The molecule has 0 saturated heterocycles. The van der Waals surface area contributed by atoms with Crippen LogP contribution in [0.1, 0.15) is 21.0 Å². The Balaban J connectivity index is 1.55. The van der Waals surface area contributed by atoms with Gasteiger partial charge in [0.15, 0.2) is 0 Å². The van der Waals surface area contributed by atoms with Gasteiger partial charge in [-0.1, -0.05) is 17.7 Å². The molecule has 0 spiro atoms. The number of benzene rings is 1. The second kappa shape index (κ2) is 9.20. The number of thiophene rings is 1. The largest absolute Gasteiger partial charge is 0.477 e. The van der Waals surface area contributed by atoms with Crippen molar-refractivity contribution in [1.82, 2.24) is 5.32 Å². The molecule has 0 radical (unpaired) electrons. The Morgan fingerprint density at radius 2 is 2.14 bits per heavy atom. The standard InChI is InChI=1S/C16H18ClNO2S2/c17-12-3-1-4-14(11-12)21-10-9-18-8-2-5-13-6-7-15(22-13)16(19)20/h1,3-4,6-7,11,18H,2,5,8-10H2,(H,19,20). The number of carboxylic acid groups (broad SMARTS) is 1. The highest BCUT2D eigenvalue weighted by Gasteiger charge is 2.06. The molecule has 0 bridgehead atoms. The average molecular weight is 356 g/mol. The second-order valence-corrected chi connectivity index (χ2v) is 7.50. The highest BCUT2D eigenvalue weighted by atomic mass is 35.5. The quantitative estimate of drug-likeness (QED) is 0.516. The number of carbonyl (C=O) groups is 1. The van der Waals surface area contributed by atoms with Gasteiger partial charge in [0.25, 0.3) is 0 Å². The highest BCUT2D eigenvalue weighted by molar-refractivity contribution is 7.99. The molecule has 118 valence electrons. The van der Waals surface area contributed by atoms with Gasteiger partial charge in [-0.25, -0.2) is 4.79 Å². The molecule has 0 fully saturated rings. The van der Waals surface area contributed by atoms with Crippen molar-refractivity contribution < 1.29 is 9.90 Å². The van der Waals surface area contributed by atoms with Crippen molar-refractivity contribution in [3.63, 3.8) is 0 Å². The Kier molecular flexibility index (Phi) is 7.25. The first-order valence-electron chi connectivity index (χ1n) is 7.06. The van der Waals surface area contributed by atoms with Crippen LogP contribution in [0, 0.1) is 0 Å². The number of nitrogens with one attached hydrogen (secondary N) is 1. The summed E-state index contributed by atoms with van der Waals surface area (Å²) in [4.78, 5) is 13.5. The van der Waals surface area contributed by atoms with E-state index in [-0.39, 0.29) is 0 Å². The zero-order valence-corrected chi connectivity index (χ0v) is 14.4. The fourth-order valence-electron chi connectivity index (χ4n) is 1.94. The van der Waals surface area contributed by atoms with Crippen molar-refractivity contribution in [3.05, 3.63) is 51.2 Å². The van der Waals surface area contributed by atoms with Crippen LogP contribution in [-0.2, 0) is 6.42 Å². The van der Waals surface area contributed by atoms with Gasteiger partial charge in [0.05, 0.1) is 0 Å². The Hall–Kier alpha value is -1.01. The Bertz CT molecular complexity index is 616. The molecule has 1 aromatic heterocycles. The first kappa shape index (κ1) is 17.3. The van der Waals surface area contributed by atoms with Crippen molar-refractivity contribution in [1.29, 1.82) is 0 Å². The number of carboxylic acids is 1. The number of thioether (sulfide) groups is 1. The SMILES string of the molecule is O=C(O)c1ccc(CCCNCCSc2cccc(Cl)c2)s1. The number of hydrogen-bond donors (Lipinski definition) is 2. The smallest absolute Gasteiger partial charge is 0.345 e. The number of aromatic carboxylic acids is 1. The minimum absolute atomic E-state index is 0.417.